The van der Waals surface area contributed by atoms with Crippen LogP contribution in [0.2, 0.25) is 0 Å². The molecule has 0 spiro atoms. The summed E-state index contributed by atoms with van der Waals surface area (Å²) in [6.45, 7) is 1.28. The molecule has 5 nitrogen and oxygen atoms in total. The van der Waals surface area contributed by atoms with Gasteiger partial charge in [0.1, 0.15) is 5.00 Å². The monoisotopic (exact) mass is 375 g/mol. The van der Waals surface area contributed by atoms with Crippen molar-refractivity contribution in [2.24, 2.45) is 5.73 Å². The average molecular weight is 376 g/mol. The predicted octanol–water partition coefficient (Wildman–Crippen LogP) is 3.17. The molecule has 1 fully saturated rings. The number of nitrogens with one attached hydrogen (secondary N) is 1. The molecule has 4 rings (SSSR count). The Morgan fingerprint density at radius 1 is 1.32 bits per heavy atom. The number of amides is 2. The first kappa shape index (κ1) is 16.8. The third-order valence-corrected chi connectivity index (χ3v) is 7.18. The molecule has 3 N–H and O–H groups in total. The fourth-order valence-corrected chi connectivity index (χ4v) is 6.13. The number of hydrogen-bond acceptors (Lipinski definition) is 5. The normalized spacial score (nSPS) is 19.9. The largest absolute Gasteiger partial charge is 0.365 e. The lowest BCUT2D eigenvalue weighted by Gasteiger charge is -2.22. The molecule has 2 aromatic heterocycles. The van der Waals surface area contributed by atoms with Crippen LogP contribution in [0.1, 0.15) is 51.0 Å². The van der Waals surface area contributed by atoms with Crippen molar-refractivity contribution in [3.8, 4) is 0 Å². The van der Waals surface area contributed by atoms with Gasteiger partial charge in [-0.2, -0.15) is 0 Å². The topological polar surface area (TPSA) is 75.4 Å². The van der Waals surface area contributed by atoms with Crippen LogP contribution in [0.5, 0.6) is 0 Å². The van der Waals surface area contributed by atoms with Crippen LogP contribution in [0.15, 0.2) is 17.5 Å². The number of anilines is 1. The molecule has 1 aliphatic carbocycles. The minimum atomic E-state index is -0.438. The first-order chi connectivity index (χ1) is 12.1. The molecule has 132 valence electrons. The molecule has 7 heteroatoms. The lowest BCUT2D eigenvalue weighted by molar-refractivity contribution is -0.117. The summed E-state index contributed by atoms with van der Waals surface area (Å²) in [4.78, 5) is 29.2. The van der Waals surface area contributed by atoms with Crippen LogP contribution in [0.4, 0.5) is 5.00 Å². The Balaban J connectivity index is 1.47. The van der Waals surface area contributed by atoms with Gasteiger partial charge in [0.2, 0.25) is 5.91 Å². The summed E-state index contributed by atoms with van der Waals surface area (Å²) < 4.78 is 0. The van der Waals surface area contributed by atoms with Crippen LogP contribution in [-0.4, -0.2) is 29.8 Å². The number of fused-ring (bicyclic) bond motifs is 1. The van der Waals surface area contributed by atoms with E-state index in [0.717, 1.165) is 44.2 Å². The molecule has 2 aromatic rings. The van der Waals surface area contributed by atoms with E-state index in [4.69, 9.17) is 5.73 Å². The zero-order valence-corrected chi connectivity index (χ0v) is 15.5. The van der Waals surface area contributed by atoms with Crippen LogP contribution in [0.25, 0.3) is 0 Å². The molecule has 25 heavy (non-hydrogen) atoms. The van der Waals surface area contributed by atoms with Crippen LogP contribution in [-0.2, 0) is 17.6 Å². The van der Waals surface area contributed by atoms with E-state index in [-0.39, 0.29) is 5.91 Å². The first-order valence-electron chi connectivity index (χ1n) is 8.65. The summed E-state index contributed by atoms with van der Waals surface area (Å²) in [7, 11) is 0. The van der Waals surface area contributed by atoms with E-state index in [9.17, 15) is 9.59 Å². The van der Waals surface area contributed by atoms with Gasteiger partial charge in [-0.1, -0.05) is 6.07 Å². The number of nitrogens with two attached hydrogens (primary N) is 1. The lowest BCUT2D eigenvalue weighted by Crippen LogP contribution is -2.33. The van der Waals surface area contributed by atoms with Crippen LogP contribution in [0.3, 0.4) is 0 Å². The summed E-state index contributed by atoms with van der Waals surface area (Å²) in [5.41, 5.74) is 7.14. The highest BCUT2D eigenvalue weighted by Crippen LogP contribution is 2.39. The standard InChI is InChI=1S/C18H21N3O2S2/c19-17(23)16-11-4-1-6-13(11)25-18(16)20-15(22)10-21-8-2-5-12(21)14-7-3-9-24-14/h3,7,9,12H,1-2,4-6,8,10H2,(H2,19,23)(H,20,22). The number of hydrogen-bond donors (Lipinski definition) is 2. The molecule has 0 bridgehead atoms. The highest BCUT2D eigenvalue weighted by Gasteiger charge is 2.30. The van der Waals surface area contributed by atoms with Crippen LogP contribution < -0.4 is 11.1 Å². The molecule has 0 radical (unpaired) electrons. The zero-order valence-electron chi connectivity index (χ0n) is 13.9. The van der Waals surface area contributed by atoms with Gasteiger partial charge >= 0.3 is 0 Å². The number of carbonyl (C=O) groups is 2. The number of likely N-dealkylation sites (tertiary alicyclic amines) is 1. The molecular weight excluding hydrogens is 354 g/mol. The van der Waals surface area contributed by atoms with Gasteiger partial charge in [0.25, 0.3) is 5.91 Å². The summed E-state index contributed by atoms with van der Waals surface area (Å²) >= 11 is 3.26. The van der Waals surface area contributed by atoms with Crippen molar-refractivity contribution in [3.63, 3.8) is 0 Å². The van der Waals surface area contributed by atoms with E-state index in [0.29, 0.717) is 23.2 Å². The maximum atomic E-state index is 12.6. The van der Waals surface area contributed by atoms with E-state index in [1.807, 2.05) is 0 Å². The van der Waals surface area contributed by atoms with Gasteiger partial charge in [-0.25, -0.2) is 0 Å². The fraction of sp³-hybridized carbons (Fsp3) is 0.444. The van der Waals surface area contributed by atoms with Crippen molar-refractivity contribution in [2.45, 2.75) is 38.1 Å². The molecule has 1 unspecified atom stereocenters. The smallest absolute Gasteiger partial charge is 0.251 e. The fourth-order valence-electron chi connectivity index (χ4n) is 3.92. The van der Waals surface area contributed by atoms with Crippen LogP contribution >= 0.6 is 22.7 Å². The Morgan fingerprint density at radius 3 is 2.96 bits per heavy atom. The highest BCUT2D eigenvalue weighted by atomic mass is 32.1. The molecule has 2 aliphatic rings. The number of rotatable bonds is 5. The Kier molecular flexibility index (Phi) is 4.62. The molecule has 2 amide bonds. The quantitative estimate of drug-likeness (QED) is 0.843. The lowest BCUT2D eigenvalue weighted by atomic mass is 10.1. The van der Waals surface area contributed by atoms with E-state index < -0.39 is 5.91 Å². The predicted molar refractivity (Wildman–Crippen MR) is 101 cm³/mol. The SMILES string of the molecule is NC(=O)c1c(NC(=O)CN2CCCC2c2cccs2)sc2c1CCC2. The van der Waals surface area contributed by atoms with Crippen molar-refractivity contribution in [3.05, 3.63) is 38.4 Å². The summed E-state index contributed by atoms with van der Waals surface area (Å²) in [6.07, 6.45) is 5.12. The number of thiophene rings is 2. The second-order valence-corrected chi connectivity index (χ2v) is 8.70. The zero-order chi connectivity index (χ0) is 17.4. The molecule has 0 saturated carbocycles. The summed E-state index contributed by atoms with van der Waals surface area (Å²) in [5.74, 6) is -0.502. The molecule has 1 atom stereocenters. The van der Waals surface area contributed by atoms with Gasteiger partial charge in [-0.3, -0.25) is 14.5 Å². The van der Waals surface area contributed by atoms with Gasteiger partial charge in [0.05, 0.1) is 12.1 Å². The minimum absolute atomic E-state index is 0.0640. The van der Waals surface area contributed by atoms with E-state index >= 15 is 0 Å². The van der Waals surface area contributed by atoms with Crippen molar-refractivity contribution in [2.75, 3.05) is 18.4 Å². The number of primary amides is 1. The van der Waals surface area contributed by atoms with Gasteiger partial charge in [0, 0.05) is 15.8 Å². The summed E-state index contributed by atoms with van der Waals surface area (Å²) in [5, 5.41) is 5.67. The third-order valence-electron chi connectivity index (χ3n) is 5.00. The molecule has 3 heterocycles. The average Bonchev–Trinajstić information content (AvgIpc) is 3.30. The van der Waals surface area contributed by atoms with Crippen molar-refractivity contribution in [1.29, 1.82) is 0 Å². The highest BCUT2D eigenvalue weighted by molar-refractivity contribution is 7.17. The molecule has 1 aliphatic heterocycles. The number of nitrogens with zero attached hydrogens (tertiary/aromatic N) is 1. The Morgan fingerprint density at radius 2 is 2.20 bits per heavy atom. The Hall–Kier alpha value is -1.70. The summed E-state index contributed by atoms with van der Waals surface area (Å²) in [6, 6.07) is 4.53. The third kappa shape index (κ3) is 3.23. The molecular formula is C18H21N3O2S2. The van der Waals surface area contributed by atoms with E-state index in [2.05, 4.69) is 27.7 Å². The van der Waals surface area contributed by atoms with Crippen molar-refractivity contribution < 1.29 is 9.59 Å². The second kappa shape index (κ2) is 6.90. The number of aryl methyl sites for hydroxylation is 1. The van der Waals surface area contributed by atoms with Gasteiger partial charge in [0.15, 0.2) is 0 Å². The van der Waals surface area contributed by atoms with Crippen molar-refractivity contribution in [1.82, 2.24) is 4.90 Å². The van der Waals surface area contributed by atoms with Gasteiger partial charge < -0.3 is 11.1 Å². The maximum absolute atomic E-state index is 12.6. The first-order valence-corrected chi connectivity index (χ1v) is 10.3. The van der Waals surface area contributed by atoms with Crippen LogP contribution in [0, 0.1) is 0 Å². The van der Waals surface area contributed by atoms with Crippen molar-refractivity contribution >= 4 is 39.5 Å². The van der Waals surface area contributed by atoms with Gasteiger partial charge in [-0.05, 0) is 55.7 Å². The minimum Gasteiger partial charge on any atom is -0.365 e. The molecule has 0 aromatic carbocycles. The molecule has 1 saturated heterocycles. The van der Waals surface area contributed by atoms with Gasteiger partial charge in [-0.15, -0.1) is 22.7 Å². The van der Waals surface area contributed by atoms with E-state index in [1.165, 1.54) is 21.1 Å². The Labute approximate surface area is 154 Å². The Bertz CT molecular complexity index is 798. The second-order valence-electron chi connectivity index (χ2n) is 6.62. The maximum Gasteiger partial charge on any atom is 0.251 e. The number of carbonyl (C=O) groups excluding carboxylic acids is 2. The van der Waals surface area contributed by atoms with E-state index in [1.54, 1.807) is 11.3 Å².